The van der Waals surface area contributed by atoms with Gasteiger partial charge in [0, 0.05) is 26.0 Å². The van der Waals surface area contributed by atoms with Crippen molar-refractivity contribution < 1.29 is 4.74 Å². The van der Waals surface area contributed by atoms with Crippen LogP contribution in [0.2, 0.25) is 0 Å². The van der Waals surface area contributed by atoms with Gasteiger partial charge in [0.15, 0.2) is 0 Å². The third-order valence-corrected chi connectivity index (χ3v) is 3.60. The summed E-state index contributed by atoms with van der Waals surface area (Å²) in [6.07, 6.45) is 0. The second kappa shape index (κ2) is 4.57. The second-order valence-electron chi connectivity index (χ2n) is 4.97. The van der Waals surface area contributed by atoms with E-state index in [-0.39, 0.29) is 0 Å². The van der Waals surface area contributed by atoms with Crippen LogP contribution in [0, 0.1) is 11.3 Å². The molecule has 0 amide bonds. The Hall–Kier alpha value is -2.48. The number of nitrogens with zero attached hydrogens (tertiary/aromatic N) is 4. The summed E-state index contributed by atoms with van der Waals surface area (Å²) in [5.74, 6) is 1.63. The minimum absolute atomic E-state index is 0.672. The lowest BCUT2D eigenvalue weighted by atomic mass is 10.1. The molecule has 1 aromatic heterocycles. The Bertz CT molecular complexity index is 749. The Morgan fingerprint density at radius 3 is 2.85 bits per heavy atom. The smallest absolute Gasteiger partial charge is 0.148 e. The Kier molecular flexibility index (Phi) is 2.87. The maximum Gasteiger partial charge on any atom is 0.148 e. The zero-order valence-corrected chi connectivity index (χ0v) is 11.8. The SMILES string of the molecule is COc1ccc2c(c1)c(C#N)c1n2CCN=C1N(C)C. The van der Waals surface area contributed by atoms with Gasteiger partial charge < -0.3 is 14.2 Å². The van der Waals surface area contributed by atoms with Crippen molar-refractivity contribution in [1.82, 2.24) is 9.47 Å². The second-order valence-corrected chi connectivity index (χ2v) is 4.97. The molecule has 0 fully saturated rings. The number of hydrogen-bond acceptors (Lipinski definition) is 4. The van der Waals surface area contributed by atoms with Gasteiger partial charge in [0.25, 0.3) is 0 Å². The van der Waals surface area contributed by atoms with E-state index in [9.17, 15) is 5.26 Å². The molecular weight excluding hydrogens is 252 g/mol. The standard InChI is InChI=1S/C15H16N4O/c1-18(2)15-14-12(9-16)11-8-10(20-3)4-5-13(11)19(14)7-6-17-15/h4-5,8H,6-7H2,1-3H3. The van der Waals surface area contributed by atoms with Crippen molar-refractivity contribution in [3.63, 3.8) is 0 Å². The Morgan fingerprint density at radius 1 is 1.40 bits per heavy atom. The molecule has 20 heavy (non-hydrogen) atoms. The van der Waals surface area contributed by atoms with Gasteiger partial charge in [0.1, 0.15) is 23.3 Å². The van der Waals surface area contributed by atoms with Crippen LogP contribution in [0.3, 0.4) is 0 Å². The molecule has 0 aliphatic carbocycles. The predicted molar refractivity (Wildman–Crippen MR) is 78.3 cm³/mol. The van der Waals surface area contributed by atoms with Gasteiger partial charge in [0.05, 0.1) is 24.7 Å². The zero-order valence-electron chi connectivity index (χ0n) is 11.8. The normalized spacial score (nSPS) is 13.6. The molecule has 0 N–H and O–H groups in total. The van der Waals surface area contributed by atoms with Crippen molar-refractivity contribution in [2.24, 2.45) is 4.99 Å². The monoisotopic (exact) mass is 268 g/mol. The molecule has 0 atom stereocenters. The maximum absolute atomic E-state index is 9.57. The number of methoxy groups -OCH3 is 1. The summed E-state index contributed by atoms with van der Waals surface area (Å²) in [5.41, 5.74) is 2.64. The molecule has 0 unspecified atom stereocenters. The van der Waals surface area contributed by atoms with Crippen molar-refractivity contribution in [2.45, 2.75) is 6.54 Å². The summed E-state index contributed by atoms with van der Waals surface area (Å²) in [6.45, 7) is 1.54. The first-order chi connectivity index (χ1) is 9.67. The van der Waals surface area contributed by atoms with Gasteiger partial charge in [-0.2, -0.15) is 5.26 Å². The zero-order chi connectivity index (χ0) is 14.3. The molecule has 0 bridgehead atoms. The molecule has 0 saturated carbocycles. The lowest BCUT2D eigenvalue weighted by Crippen LogP contribution is -2.30. The van der Waals surface area contributed by atoms with Gasteiger partial charge in [-0.1, -0.05) is 0 Å². The minimum atomic E-state index is 0.672. The Labute approximate surface area is 117 Å². The molecule has 102 valence electrons. The van der Waals surface area contributed by atoms with Crippen LogP contribution in [0.4, 0.5) is 0 Å². The summed E-state index contributed by atoms with van der Waals surface area (Å²) in [5, 5.41) is 10.5. The van der Waals surface area contributed by atoms with Crippen molar-refractivity contribution in [3.8, 4) is 11.8 Å². The van der Waals surface area contributed by atoms with Crippen molar-refractivity contribution >= 4 is 16.7 Å². The van der Waals surface area contributed by atoms with E-state index in [4.69, 9.17) is 4.74 Å². The van der Waals surface area contributed by atoms with Gasteiger partial charge in [-0.3, -0.25) is 4.99 Å². The number of amidine groups is 1. The fourth-order valence-electron chi connectivity index (χ4n) is 2.72. The number of ether oxygens (including phenoxy) is 1. The quantitative estimate of drug-likeness (QED) is 0.793. The number of aromatic nitrogens is 1. The van der Waals surface area contributed by atoms with Crippen LogP contribution in [0.1, 0.15) is 11.3 Å². The molecule has 5 heteroatoms. The lowest BCUT2D eigenvalue weighted by molar-refractivity contribution is 0.415. The van der Waals surface area contributed by atoms with E-state index in [2.05, 4.69) is 15.6 Å². The Morgan fingerprint density at radius 2 is 2.20 bits per heavy atom. The molecule has 3 rings (SSSR count). The molecule has 2 aromatic rings. The van der Waals surface area contributed by atoms with E-state index in [1.54, 1.807) is 7.11 Å². The molecule has 0 radical (unpaired) electrons. The van der Waals surface area contributed by atoms with Crippen LogP contribution in [-0.2, 0) is 6.54 Å². The molecule has 0 spiro atoms. The van der Waals surface area contributed by atoms with Crippen LogP contribution in [-0.4, -0.2) is 43.1 Å². The molecule has 0 saturated heterocycles. The van der Waals surface area contributed by atoms with E-state index in [0.29, 0.717) is 5.56 Å². The van der Waals surface area contributed by atoms with Crippen LogP contribution in [0.5, 0.6) is 5.75 Å². The number of benzene rings is 1. The minimum Gasteiger partial charge on any atom is -0.497 e. The highest BCUT2D eigenvalue weighted by Crippen LogP contribution is 2.31. The molecule has 1 aromatic carbocycles. The van der Waals surface area contributed by atoms with Crippen molar-refractivity contribution in [1.29, 1.82) is 5.26 Å². The van der Waals surface area contributed by atoms with Crippen LogP contribution in [0.15, 0.2) is 23.2 Å². The third-order valence-electron chi connectivity index (χ3n) is 3.60. The number of fused-ring (bicyclic) bond motifs is 3. The van der Waals surface area contributed by atoms with E-state index >= 15 is 0 Å². The first-order valence-electron chi connectivity index (χ1n) is 6.50. The van der Waals surface area contributed by atoms with E-state index in [0.717, 1.165) is 41.3 Å². The first kappa shape index (κ1) is 12.5. The van der Waals surface area contributed by atoms with Crippen molar-refractivity contribution in [3.05, 3.63) is 29.5 Å². The van der Waals surface area contributed by atoms with Gasteiger partial charge in [-0.15, -0.1) is 0 Å². The first-order valence-corrected chi connectivity index (χ1v) is 6.50. The van der Waals surface area contributed by atoms with Crippen LogP contribution >= 0.6 is 0 Å². The summed E-state index contributed by atoms with van der Waals surface area (Å²) >= 11 is 0. The largest absolute Gasteiger partial charge is 0.497 e. The average molecular weight is 268 g/mol. The fraction of sp³-hybridized carbons (Fsp3) is 0.333. The molecular formula is C15H16N4O. The number of hydrogen-bond donors (Lipinski definition) is 0. The van der Waals surface area contributed by atoms with Gasteiger partial charge in [-0.25, -0.2) is 0 Å². The molecule has 1 aliphatic rings. The highest BCUT2D eigenvalue weighted by molar-refractivity contribution is 6.06. The van der Waals surface area contributed by atoms with Crippen LogP contribution < -0.4 is 4.74 Å². The molecule has 2 heterocycles. The predicted octanol–water partition coefficient (Wildman–Crippen LogP) is 1.84. The molecule has 5 nitrogen and oxygen atoms in total. The third kappa shape index (κ3) is 1.65. The average Bonchev–Trinajstić information content (AvgIpc) is 2.79. The lowest BCUT2D eigenvalue weighted by Gasteiger charge is -2.22. The summed E-state index contributed by atoms with van der Waals surface area (Å²) < 4.78 is 7.45. The van der Waals surface area contributed by atoms with E-state index in [1.165, 1.54) is 0 Å². The topological polar surface area (TPSA) is 53.5 Å². The summed E-state index contributed by atoms with van der Waals surface area (Å²) in [7, 11) is 5.54. The van der Waals surface area contributed by atoms with E-state index in [1.807, 2.05) is 37.2 Å². The van der Waals surface area contributed by atoms with Crippen molar-refractivity contribution in [2.75, 3.05) is 27.7 Å². The number of nitriles is 1. The molecule has 1 aliphatic heterocycles. The van der Waals surface area contributed by atoms with E-state index < -0.39 is 0 Å². The van der Waals surface area contributed by atoms with Gasteiger partial charge in [0.2, 0.25) is 0 Å². The summed E-state index contributed by atoms with van der Waals surface area (Å²) in [6, 6.07) is 8.19. The van der Waals surface area contributed by atoms with Gasteiger partial charge >= 0.3 is 0 Å². The summed E-state index contributed by atoms with van der Waals surface area (Å²) in [4.78, 5) is 6.52. The number of rotatable bonds is 1. The number of aliphatic imine (C=N–C) groups is 1. The Balaban J connectivity index is 2.37. The highest BCUT2D eigenvalue weighted by atomic mass is 16.5. The fourth-order valence-corrected chi connectivity index (χ4v) is 2.72. The highest BCUT2D eigenvalue weighted by Gasteiger charge is 2.25. The van der Waals surface area contributed by atoms with Crippen LogP contribution in [0.25, 0.3) is 10.9 Å². The van der Waals surface area contributed by atoms with Gasteiger partial charge in [-0.05, 0) is 18.2 Å². The maximum atomic E-state index is 9.57.